The summed E-state index contributed by atoms with van der Waals surface area (Å²) in [5, 5.41) is 14.4. The van der Waals surface area contributed by atoms with Crippen LogP contribution in [0, 0.1) is 5.82 Å². The zero-order valence-electron chi connectivity index (χ0n) is 15.6. The first-order valence-corrected chi connectivity index (χ1v) is 10.3. The molecule has 0 saturated heterocycles. The van der Waals surface area contributed by atoms with Gasteiger partial charge in [-0.05, 0) is 55.0 Å². The van der Waals surface area contributed by atoms with Crippen molar-refractivity contribution >= 4 is 22.9 Å². The summed E-state index contributed by atoms with van der Waals surface area (Å²) >= 11 is 1.14. The molecule has 2 aromatic heterocycles. The number of halogens is 1. The minimum Gasteiger partial charge on any atom is -0.508 e. The van der Waals surface area contributed by atoms with Gasteiger partial charge in [0.1, 0.15) is 22.3 Å². The lowest BCUT2D eigenvalue weighted by atomic mass is 9.81. The van der Waals surface area contributed by atoms with Gasteiger partial charge in [-0.15, -0.1) is 11.3 Å². The van der Waals surface area contributed by atoms with Gasteiger partial charge in [0.25, 0.3) is 5.91 Å². The van der Waals surface area contributed by atoms with E-state index in [1.807, 2.05) is 6.07 Å². The average Bonchev–Trinajstić information content (AvgIpc) is 3.20. The second kappa shape index (κ2) is 8.26. The van der Waals surface area contributed by atoms with E-state index < -0.39 is 5.82 Å². The average molecular weight is 412 g/mol. The number of rotatable bonds is 4. The van der Waals surface area contributed by atoms with Crippen LogP contribution in [0.4, 0.5) is 10.1 Å². The molecule has 1 aliphatic rings. The third kappa shape index (κ3) is 4.28. The summed E-state index contributed by atoms with van der Waals surface area (Å²) in [4.78, 5) is 21.1. The maximum atomic E-state index is 14.0. The molecule has 0 unspecified atom stereocenters. The van der Waals surface area contributed by atoms with Gasteiger partial charge in [-0.2, -0.15) is 0 Å². The fourth-order valence-electron chi connectivity index (χ4n) is 3.74. The highest BCUT2D eigenvalue weighted by Crippen LogP contribution is 2.36. The van der Waals surface area contributed by atoms with Crippen molar-refractivity contribution < 1.29 is 14.3 Å². The Labute approximate surface area is 171 Å². The first-order valence-electron chi connectivity index (χ1n) is 9.46. The minimum absolute atomic E-state index is 0.0618. The number of carbonyl (C=O) groups is 1. The number of pyridine rings is 1. The summed E-state index contributed by atoms with van der Waals surface area (Å²) in [5.74, 6) is -0.674. The fraction of sp³-hybridized carbons (Fsp3) is 0.286. The third-order valence-corrected chi connectivity index (χ3v) is 6.05. The number of phenolic OH excluding ortho intramolecular Hbond substituents is 1. The second-order valence-corrected chi connectivity index (χ2v) is 8.10. The summed E-state index contributed by atoms with van der Waals surface area (Å²) < 4.78 is 14.0. The quantitative estimate of drug-likeness (QED) is 0.593. The number of phenols is 1. The number of nitrogens with zero attached hydrogens (tertiary/aromatic N) is 2. The van der Waals surface area contributed by atoms with E-state index in [4.69, 9.17) is 5.73 Å². The van der Waals surface area contributed by atoms with Crippen molar-refractivity contribution in [1.82, 2.24) is 9.97 Å². The van der Waals surface area contributed by atoms with Crippen molar-refractivity contribution in [2.75, 3.05) is 5.32 Å². The molecule has 0 aliphatic heterocycles. The monoisotopic (exact) mass is 412 g/mol. The van der Waals surface area contributed by atoms with E-state index in [2.05, 4.69) is 15.3 Å². The number of benzene rings is 1. The van der Waals surface area contributed by atoms with Crippen LogP contribution in [0.3, 0.4) is 0 Å². The Kier molecular flexibility index (Phi) is 5.55. The number of nitrogens with one attached hydrogen (secondary N) is 1. The molecule has 1 aromatic carbocycles. The predicted octanol–water partition coefficient (Wildman–Crippen LogP) is 4.29. The van der Waals surface area contributed by atoms with Crippen LogP contribution in [-0.4, -0.2) is 27.0 Å². The molecule has 3 aromatic rings. The Balaban J connectivity index is 1.55. The molecule has 1 saturated carbocycles. The number of amides is 1. The zero-order valence-corrected chi connectivity index (χ0v) is 16.5. The topological polar surface area (TPSA) is 101 Å². The molecule has 2 atom stereocenters. The first kappa shape index (κ1) is 19.5. The zero-order chi connectivity index (χ0) is 20.4. The number of aromatic hydroxyl groups is 1. The summed E-state index contributed by atoms with van der Waals surface area (Å²) in [6, 6.07) is 5.82. The van der Waals surface area contributed by atoms with Crippen LogP contribution in [-0.2, 0) is 0 Å². The third-order valence-electron chi connectivity index (χ3n) is 5.17. The van der Waals surface area contributed by atoms with Crippen LogP contribution in [0.2, 0.25) is 0 Å². The maximum Gasteiger partial charge on any atom is 0.275 e. The van der Waals surface area contributed by atoms with Gasteiger partial charge in [0.05, 0.1) is 11.9 Å². The molecule has 0 bridgehead atoms. The number of hydrogen-bond donors (Lipinski definition) is 3. The van der Waals surface area contributed by atoms with Crippen LogP contribution in [0.25, 0.3) is 10.6 Å². The van der Waals surface area contributed by atoms with Gasteiger partial charge in [-0.3, -0.25) is 9.78 Å². The molecule has 29 heavy (non-hydrogen) atoms. The number of carbonyl (C=O) groups excluding carboxylic acids is 1. The van der Waals surface area contributed by atoms with Gasteiger partial charge in [-0.25, -0.2) is 9.37 Å². The second-order valence-electron chi connectivity index (χ2n) is 7.24. The molecule has 1 amide bonds. The van der Waals surface area contributed by atoms with Gasteiger partial charge < -0.3 is 16.2 Å². The molecular formula is C21H21FN4O2S. The molecule has 2 heterocycles. The molecule has 1 aliphatic carbocycles. The van der Waals surface area contributed by atoms with Gasteiger partial charge in [0.2, 0.25) is 0 Å². The highest BCUT2D eigenvalue weighted by Gasteiger charge is 2.24. The Morgan fingerprint density at radius 1 is 1.31 bits per heavy atom. The van der Waals surface area contributed by atoms with Crippen molar-refractivity contribution in [2.45, 2.75) is 37.6 Å². The van der Waals surface area contributed by atoms with Crippen molar-refractivity contribution in [3.8, 4) is 16.3 Å². The summed E-state index contributed by atoms with van der Waals surface area (Å²) in [6.45, 7) is 0. The van der Waals surface area contributed by atoms with Gasteiger partial charge in [0.15, 0.2) is 0 Å². The van der Waals surface area contributed by atoms with E-state index in [1.165, 1.54) is 18.2 Å². The van der Waals surface area contributed by atoms with Gasteiger partial charge in [-0.1, -0.05) is 6.42 Å². The van der Waals surface area contributed by atoms with Crippen molar-refractivity contribution in [3.05, 3.63) is 59.1 Å². The van der Waals surface area contributed by atoms with Crippen molar-refractivity contribution in [1.29, 1.82) is 0 Å². The number of thiazole rings is 1. The summed E-state index contributed by atoms with van der Waals surface area (Å²) in [6.07, 6.45) is 7.35. The number of hydrogen-bond acceptors (Lipinski definition) is 6. The number of nitrogens with two attached hydrogens (primary N) is 1. The molecule has 0 radical (unpaired) electrons. The van der Waals surface area contributed by atoms with E-state index in [0.29, 0.717) is 10.7 Å². The first-order chi connectivity index (χ1) is 14.0. The SMILES string of the molecule is N[C@H]1CCC[C@@H](c2ccncc2NC(=O)c2csc(-c3cc(O)ccc3F)n2)C1. The molecule has 0 spiro atoms. The standard InChI is InChI=1S/C21H21FN4O2S/c22-17-5-4-14(27)9-16(17)21-26-19(11-29-21)20(28)25-18-10-24-7-6-15(18)12-2-1-3-13(23)8-12/h4-7,9-13,27H,1-3,8,23H2,(H,25,28)/t12-,13+/m1/s1. The molecule has 6 nitrogen and oxygen atoms in total. The highest BCUT2D eigenvalue weighted by molar-refractivity contribution is 7.13. The van der Waals surface area contributed by atoms with E-state index in [-0.39, 0.29) is 34.9 Å². The molecule has 4 N–H and O–H groups in total. The smallest absolute Gasteiger partial charge is 0.275 e. The Morgan fingerprint density at radius 3 is 3.00 bits per heavy atom. The van der Waals surface area contributed by atoms with Gasteiger partial charge in [0, 0.05) is 23.2 Å². The Bertz CT molecular complexity index is 1040. The minimum atomic E-state index is -0.507. The van der Waals surface area contributed by atoms with E-state index in [9.17, 15) is 14.3 Å². The van der Waals surface area contributed by atoms with E-state index >= 15 is 0 Å². The van der Waals surface area contributed by atoms with Crippen LogP contribution in [0.1, 0.15) is 47.7 Å². The fourth-order valence-corrected chi connectivity index (χ4v) is 4.56. The lowest BCUT2D eigenvalue weighted by molar-refractivity contribution is 0.102. The molecule has 1 fully saturated rings. The van der Waals surface area contributed by atoms with E-state index in [0.717, 1.165) is 42.6 Å². The van der Waals surface area contributed by atoms with Crippen molar-refractivity contribution in [2.24, 2.45) is 5.73 Å². The largest absolute Gasteiger partial charge is 0.508 e. The maximum absolute atomic E-state index is 14.0. The van der Waals surface area contributed by atoms with E-state index in [1.54, 1.807) is 17.8 Å². The highest BCUT2D eigenvalue weighted by atomic mass is 32.1. The lowest BCUT2D eigenvalue weighted by Crippen LogP contribution is -2.27. The van der Waals surface area contributed by atoms with Crippen LogP contribution >= 0.6 is 11.3 Å². The van der Waals surface area contributed by atoms with Crippen molar-refractivity contribution in [3.63, 3.8) is 0 Å². The van der Waals surface area contributed by atoms with Crippen LogP contribution in [0.15, 0.2) is 42.0 Å². The van der Waals surface area contributed by atoms with Crippen LogP contribution < -0.4 is 11.1 Å². The summed E-state index contributed by atoms with van der Waals surface area (Å²) in [7, 11) is 0. The normalized spacial score (nSPS) is 19.1. The number of aromatic nitrogens is 2. The van der Waals surface area contributed by atoms with Crippen LogP contribution in [0.5, 0.6) is 5.75 Å². The number of anilines is 1. The molecule has 4 rings (SSSR count). The molecular weight excluding hydrogens is 391 g/mol. The van der Waals surface area contributed by atoms with Gasteiger partial charge >= 0.3 is 0 Å². The molecule has 8 heteroatoms. The predicted molar refractivity (Wildman–Crippen MR) is 111 cm³/mol. The lowest BCUT2D eigenvalue weighted by Gasteiger charge is -2.28. The molecule has 150 valence electrons. The Morgan fingerprint density at radius 2 is 2.17 bits per heavy atom. The summed E-state index contributed by atoms with van der Waals surface area (Å²) in [5.41, 5.74) is 8.14. The Hall–Kier alpha value is -2.84.